The fourth-order valence-corrected chi connectivity index (χ4v) is 6.23. The molecule has 1 saturated carbocycles. The molecule has 0 bridgehead atoms. The number of benzene rings is 1. The molecule has 31 heavy (non-hydrogen) atoms. The molecule has 1 aromatic rings. The van der Waals surface area contributed by atoms with Gasteiger partial charge in [0.25, 0.3) is 0 Å². The van der Waals surface area contributed by atoms with Crippen LogP contribution in [0, 0.1) is 12.3 Å². The number of anilines is 2. The van der Waals surface area contributed by atoms with Gasteiger partial charge in [-0.1, -0.05) is 19.3 Å². The van der Waals surface area contributed by atoms with Gasteiger partial charge in [0.05, 0.1) is 12.5 Å². The summed E-state index contributed by atoms with van der Waals surface area (Å²) in [5.41, 5.74) is 3.52. The third-order valence-electron chi connectivity index (χ3n) is 8.16. The van der Waals surface area contributed by atoms with Crippen molar-refractivity contribution in [2.24, 2.45) is 5.41 Å². The summed E-state index contributed by atoms with van der Waals surface area (Å²) in [6, 6.07) is 8.27. The summed E-state index contributed by atoms with van der Waals surface area (Å²) in [5, 5.41) is 3.61. The van der Waals surface area contributed by atoms with Crippen molar-refractivity contribution in [3.8, 4) is 0 Å². The molecule has 1 aromatic carbocycles. The lowest BCUT2D eigenvalue weighted by Crippen LogP contribution is -2.39. The Morgan fingerprint density at radius 2 is 1.97 bits per heavy atom. The molecule has 4 rings (SSSR count). The Balaban J connectivity index is 1.33. The van der Waals surface area contributed by atoms with Crippen LogP contribution in [0.5, 0.6) is 0 Å². The fraction of sp³-hybridized carbons (Fsp3) is 0.731. The molecule has 5 heteroatoms. The SMILES string of the molecule is COC(=O)C1(CCNc2ccc(N3CC[C@H](N4CCC[C@@H]4C)C3)cc2C)CCCCC1. The van der Waals surface area contributed by atoms with Gasteiger partial charge in [-0.3, -0.25) is 9.69 Å². The number of aryl methyl sites for hydroxylation is 1. The highest BCUT2D eigenvalue weighted by molar-refractivity contribution is 5.77. The van der Waals surface area contributed by atoms with Gasteiger partial charge in [-0.15, -0.1) is 0 Å². The minimum Gasteiger partial charge on any atom is -0.469 e. The minimum absolute atomic E-state index is 0.0167. The maximum absolute atomic E-state index is 12.5. The number of rotatable bonds is 7. The number of esters is 1. The highest BCUT2D eigenvalue weighted by Gasteiger charge is 2.40. The monoisotopic (exact) mass is 427 g/mol. The number of nitrogens with zero attached hydrogens (tertiary/aromatic N) is 2. The number of hydrogen-bond donors (Lipinski definition) is 1. The average molecular weight is 428 g/mol. The van der Waals surface area contributed by atoms with Gasteiger partial charge in [0, 0.05) is 43.1 Å². The van der Waals surface area contributed by atoms with Crippen LogP contribution in [0.15, 0.2) is 18.2 Å². The molecule has 1 aliphatic carbocycles. The summed E-state index contributed by atoms with van der Waals surface area (Å²) in [6.07, 6.45) is 10.3. The fourth-order valence-electron chi connectivity index (χ4n) is 6.23. The highest BCUT2D eigenvalue weighted by atomic mass is 16.5. The highest BCUT2D eigenvalue weighted by Crippen LogP contribution is 2.40. The van der Waals surface area contributed by atoms with E-state index in [1.165, 1.54) is 56.3 Å². The number of nitrogens with one attached hydrogen (secondary N) is 1. The molecule has 5 nitrogen and oxygen atoms in total. The third-order valence-corrected chi connectivity index (χ3v) is 8.16. The number of hydrogen-bond acceptors (Lipinski definition) is 5. The van der Waals surface area contributed by atoms with E-state index in [0.717, 1.165) is 57.8 Å². The Kier molecular flexibility index (Phi) is 7.10. The first-order chi connectivity index (χ1) is 15.0. The molecule has 0 spiro atoms. The molecule has 0 aromatic heterocycles. The quantitative estimate of drug-likeness (QED) is 0.622. The predicted octanol–water partition coefficient (Wildman–Crippen LogP) is 4.98. The molecule has 2 atom stereocenters. The zero-order chi connectivity index (χ0) is 21.8. The molecule has 0 radical (unpaired) electrons. The zero-order valence-electron chi connectivity index (χ0n) is 19.8. The van der Waals surface area contributed by atoms with Crippen molar-refractivity contribution in [2.75, 3.05) is 43.5 Å². The molecule has 172 valence electrons. The number of ether oxygens (including phenoxy) is 1. The maximum Gasteiger partial charge on any atom is 0.311 e. The maximum atomic E-state index is 12.5. The van der Waals surface area contributed by atoms with Crippen molar-refractivity contribution in [1.82, 2.24) is 4.90 Å². The Morgan fingerprint density at radius 3 is 2.65 bits per heavy atom. The second kappa shape index (κ2) is 9.81. The van der Waals surface area contributed by atoms with Crippen LogP contribution in [0.3, 0.4) is 0 Å². The van der Waals surface area contributed by atoms with Crippen LogP contribution in [0.2, 0.25) is 0 Å². The minimum atomic E-state index is -0.287. The molecular weight excluding hydrogens is 386 g/mol. The molecule has 1 N–H and O–H groups in total. The molecule has 3 aliphatic rings. The van der Waals surface area contributed by atoms with E-state index in [0.29, 0.717) is 6.04 Å². The first-order valence-electron chi connectivity index (χ1n) is 12.5. The van der Waals surface area contributed by atoms with E-state index in [4.69, 9.17) is 4.74 Å². The van der Waals surface area contributed by atoms with Gasteiger partial charge in [-0.2, -0.15) is 0 Å². The second-order valence-corrected chi connectivity index (χ2v) is 10.1. The van der Waals surface area contributed by atoms with Crippen LogP contribution in [0.1, 0.15) is 70.3 Å². The van der Waals surface area contributed by atoms with Gasteiger partial charge < -0.3 is 15.0 Å². The largest absolute Gasteiger partial charge is 0.469 e. The molecule has 2 heterocycles. The Hall–Kier alpha value is -1.75. The molecule has 2 saturated heterocycles. The summed E-state index contributed by atoms with van der Waals surface area (Å²) in [7, 11) is 1.53. The molecule has 2 aliphatic heterocycles. The summed E-state index contributed by atoms with van der Waals surface area (Å²) in [4.78, 5) is 17.8. The lowest BCUT2D eigenvalue weighted by Gasteiger charge is -2.34. The Bertz CT molecular complexity index is 759. The van der Waals surface area contributed by atoms with E-state index < -0.39 is 0 Å². The first kappa shape index (κ1) is 22.4. The van der Waals surface area contributed by atoms with E-state index in [1.54, 1.807) is 0 Å². The van der Waals surface area contributed by atoms with Gasteiger partial charge in [-0.05, 0) is 82.7 Å². The zero-order valence-corrected chi connectivity index (χ0v) is 19.8. The second-order valence-electron chi connectivity index (χ2n) is 10.1. The van der Waals surface area contributed by atoms with Crippen molar-refractivity contribution in [1.29, 1.82) is 0 Å². The Labute approximate surface area is 188 Å². The predicted molar refractivity (Wildman–Crippen MR) is 128 cm³/mol. The van der Waals surface area contributed by atoms with Gasteiger partial charge in [-0.25, -0.2) is 0 Å². The Morgan fingerprint density at radius 1 is 1.16 bits per heavy atom. The van der Waals surface area contributed by atoms with Crippen LogP contribution >= 0.6 is 0 Å². The third kappa shape index (κ3) is 4.87. The van der Waals surface area contributed by atoms with Gasteiger partial charge in [0.15, 0.2) is 0 Å². The number of carbonyl (C=O) groups is 1. The van der Waals surface area contributed by atoms with E-state index >= 15 is 0 Å². The van der Waals surface area contributed by atoms with E-state index in [9.17, 15) is 4.79 Å². The van der Waals surface area contributed by atoms with Crippen molar-refractivity contribution in [3.05, 3.63) is 23.8 Å². The van der Waals surface area contributed by atoms with E-state index in [2.05, 4.69) is 47.2 Å². The van der Waals surface area contributed by atoms with Crippen molar-refractivity contribution >= 4 is 17.3 Å². The van der Waals surface area contributed by atoms with E-state index in [-0.39, 0.29) is 11.4 Å². The average Bonchev–Trinajstić information content (AvgIpc) is 3.44. The van der Waals surface area contributed by atoms with Crippen LogP contribution in [0.4, 0.5) is 11.4 Å². The smallest absolute Gasteiger partial charge is 0.311 e. The number of carbonyl (C=O) groups excluding carboxylic acids is 1. The molecule has 0 amide bonds. The van der Waals surface area contributed by atoms with Crippen molar-refractivity contribution in [3.63, 3.8) is 0 Å². The number of methoxy groups -OCH3 is 1. The topological polar surface area (TPSA) is 44.8 Å². The van der Waals surface area contributed by atoms with Crippen LogP contribution in [-0.4, -0.2) is 56.2 Å². The lowest BCUT2D eigenvalue weighted by molar-refractivity contribution is -0.155. The van der Waals surface area contributed by atoms with Crippen molar-refractivity contribution < 1.29 is 9.53 Å². The van der Waals surface area contributed by atoms with Gasteiger partial charge >= 0.3 is 5.97 Å². The van der Waals surface area contributed by atoms with Crippen molar-refractivity contribution in [2.45, 2.75) is 83.7 Å². The summed E-state index contributed by atoms with van der Waals surface area (Å²) < 4.78 is 5.17. The first-order valence-corrected chi connectivity index (χ1v) is 12.5. The van der Waals surface area contributed by atoms with Crippen LogP contribution < -0.4 is 10.2 Å². The van der Waals surface area contributed by atoms with Crippen LogP contribution in [-0.2, 0) is 9.53 Å². The summed E-state index contributed by atoms with van der Waals surface area (Å²) in [5.74, 6) is -0.0167. The van der Waals surface area contributed by atoms with Crippen LogP contribution in [0.25, 0.3) is 0 Å². The van der Waals surface area contributed by atoms with E-state index in [1.807, 2.05) is 0 Å². The molecule has 3 fully saturated rings. The standard InChI is InChI=1S/C26H41N3O2/c1-20-18-22(28-17-11-23(19-28)29-16-7-8-21(29)2)9-10-24(20)27-15-14-26(25(30)31-3)12-5-4-6-13-26/h9-10,18,21,23,27H,4-8,11-17,19H2,1-3H3/t21-,23-/m0/s1. The van der Waals surface area contributed by atoms with Gasteiger partial charge in [0.2, 0.25) is 0 Å². The normalized spacial score (nSPS) is 26.2. The molecule has 0 unspecified atom stereocenters. The molecular formula is C26H41N3O2. The number of likely N-dealkylation sites (tertiary alicyclic amines) is 1. The van der Waals surface area contributed by atoms with Gasteiger partial charge in [0.1, 0.15) is 0 Å². The lowest BCUT2D eigenvalue weighted by atomic mass is 9.72. The summed E-state index contributed by atoms with van der Waals surface area (Å²) >= 11 is 0. The summed E-state index contributed by atoms with van der Waals surface area (Å²) in [6.45, 7) is 8.97.